The number of halogens is 3. The van der Waals surface area contributed by atoms with Gasteiger partial charge in [0, 0.05) is 10.0 Å². The first-order chi connectivity index (χ1) is 10.8. The normalized spacial score (nSPS) is 11.1. The Morgan fingerprint density at radius 2 is 1.91 bits per heavy atom. The van der Waals surface area contributed by atoms with Gasteiger partial charge in [-0.15, -0.1) is 0 Å². The van der Waals surface area contributed by atoms with Crippen molar-refractivity contribution >= 4 is 27.8 Å². The highest BCUT2D eigenvalue weighted by molar-refractivity contribution is 9.10. The van der Waals surface area contributed by atoms with Crippen LogP contribution in [0.25, 0.3) is 0 Å². The zero-order valence-electron chi connectivity index (χ0n) is 13.3. The Morgan fingerprint density at radius 3 is 2.39 bits per heavy atom. The lowest BCUT2D eigenvalue weighted by Gasteiger charge is -2.19. The first kappa shape index (κ1) is 21.5. The van der Waals surface area contributed by atoms with E-state index in [1.165, 1.54) is 12.5 Å². The largest absolute Gasteiger partial charge is 0.469 e. The molecule has 3 N–H and O–H groups in total. The molecule has 1 rings (SSSR count). The van der Waals surface area contributed by atoms with Crippen LogP contribution in [0.1, 0.15) is 38.3 Å². The van der Waals surface area contributed by atoms with E-state index < -0.39 is 29.6 Å². The molecule has 23 heavy (non-hydrogen) atoms. The number of carbonyl (C=O) groups is 2. The van der Waals surface area contributed by atoms with Gasteiger partial charge in [0.25, 0.3) is 0 Å². The van der Waals surface area contributed by atoms with E-state index in [-0.39, 0.29) is 23.0 Å². The van der Waals surface area contributed by atoms with Crippen LogP contribution in [0.5, 0.6) is 0 Å². The minimum atomic E-state index is -1.14. The molecule has 130 valence electrons. The van der Waals surface area contributed by atoms with E-state index >= 15 is 0 Å². The lowest BCUT2D eigenvalue weighted by atomic mass is 10.0. The highest BCUT2D eigenvalue weighted by atomic mass is 79.9. The molecule has 0 aliphatic heterocycles. The van der Waals surface area contributed by atoms with E-state index in [1.54, 1.807) is 0 Å². The quantitative estimate of drug-likeness (QED) is 0.594. The SMILES string of the molecule is CCC.COC(=O)CC(NC(=O)CN)c1cc(Br)cc(F)c1F. The summed E-state index contributed by atoms with van der Waals surface area (Å²) in [5.41, 5.74) is 4.99. The minimum Gasteiger partial charge on any atom is -0.469 e. The Hall–Kier alpha value is -1.54. The van der Waals surface area contributed by atoms with E-state index in [0.29, 0.717) is 0 Å². The van der Waals surface area contributed by atoms with Gasteiger partial charge in [-0.1, -0.05) is 36.2 Å². The second-order valence-electron chi connectivity index (χ2n) is 4.60. The molecule has 0 saturated heterocycles. The molecule has 0 saturated carbocycles. The smallest absolute Gasteiger partial charge is 0.307 e. The van der Waals surface area contributed by atoms with E-state index in [4.69, 9.17) is 5.73 Å². The molecule has 0 spiro atoms. The van der Waals surface area contributed by atoms with Crippen LogP contribution in [0, 0.1) is 11.6 Å². The predicted octanol–water partition coefficient (Wildman–Crippen LogP) is 2.82. The predicted molar refractivity (Wildman–Crippen MR) is 86.6 cm³/mol. The van der Waals surface area contributed by atoms with E-state index in [1.807, 2.05) is 0 Å². The molecular formula is C15H21BrF2N2O3. The number of nitrogens with one attached hydrogen (secondary N) is 1. The number of hydrogen-bond acceptors (Lipinski definition) is 4. The standard InChI is InChI=1S/C12H13BrF2N2O3.C3H8/c1-20-11(19)4-9(17-10(18)5-16)7-2-6(13)3-8(14)12(7)15;1-3-2/h2-3,9H,4-5,16H2,1H3,(H,17,18);3H2,1-2H3. The van der Waals surface area contributed by atoms with Gasteiger partial charge in [0.05, 0.1) is 26.1 Å². The number of esters is 1. The topological polar surface area (TPSA) is 81.4 Å². The van der Waals surface area contributed by atoms with E-state index in [2.05, 4.69) is 39.8 Å². The Morgan fingerprint density at radius 1 is 1.35 bits per heavy atom. The Balaban J connectivity index is 0.00000149. The second-order valence-corrected chi connectivity index (χ2v) is 5.52. The van der Waals surface area contributed by atoms with Crippen molar-refractivity contribution in [3.8, 4) is 0 Å². The third-order valence-corrected chi connectivity index (χ3v) is 2.97. The van der Waals surface area contributed by atoms with Crippen molar-refractivity contribution in [1.82, 2.24) is 5.32 Å². The van der Waals surface area contributed by atoms with Crippen molar-refractivity contribution in [2.45, 2.75) is 32.7 Å². The number of carbonyl (C=O) groups excluding carboxylic acids is 2. The van der Waals surface area contributed by atoms with Crippen LogP contribution in [0.2, 0.25) is 0 Å². The molecule has 1 aromatic rings. The van der Waals surface area contributed by atoms with Crippen LogP contribution in [0.4, 0.5) is 8.78 Å². The van der Waals surface area contributed by atoms with Crippen LogP contribution < -0.4 is 11.1 Å². The van der Waals surface area contributed by atoms with Crippen molar-refractivity contribution in [3.05, 3.63) is 33.8 Å². The van der Waals surface area contributed by atoms with Gasteiger partial charge in [-0.3, -0.25) is 9.59 Å². The number of methoxy groups -OCH3 is 1. The van der Waals surface area contributed by atoms with Crippen LogP contribution in [0.3, 0.4) is 0 Å². The molecule has 1 amide bonds. The zero-order chi connectivity index (χ0) is 18.0. The summed E-state index contributed by atoms with van der Waals surface area (Å²) in [7, 11) is 1.15. The number of amides is 1. The monoisotopic (exact) mass is 394 g/mol. The third kappa shape index (κ3) is 7.51. The lowest BCUT2D eigenvalue weighted by molar-refractivity contribution is -0.141. The van der Waals surface area contributed by atoms with Crippen LogP contribution in [0.15, 0.2) is 16.6 Å². The highest BCUT2D eigenvalue weighted by Gasteiger charge is 2.24. The zero-order valence-corrected chi connectivity index (χ0v) is 14.9. The number of nitrogens with two attached hydrogens (primary N) is 1. The van der Waals surface area contributed by atoms with Crippen molar-refractivity contribution in [3.63, 3.8) is 0 Å². The summed E-state index contributed by atoms with van der Waals surface area (Å²) in [5, 5.41) is 2.35. The fraction of sp³-hybridized carbons (Fsp3) is 0.467. The molecule has 1 atom stereocenters. The molecule has 8 heteroatoms. The fourth-order valence-corrected chi connectivity index (χ4v) is 2.02. The van der Waals surface area contributed by atoms with Crippen LogP contribution in [-0.2, 0) is 14.3 Å². The first-order valence-corrected chi connectivity index (χ1v) is 7.80. The van der Waals surface area contributed by atoms with Crippen molar-refractivity contribution in [2.75, 3.05) is 13.7 Å². The maximum absolute atomic E-state index is 13.8. The molecule has 0 fully saturated rings. The summed E-state index contributed by atoms with van der Waals surface area (Å²) in [6.45, 7) is 3.91. The van der Waals surface area contributed by atoms with Gasteiger partial charge in [-0.25, -0.2) is 8.78 Å². The molecule has 0 aromatic heterocycles. The van der Waals surface area contributed by atoms with Crippen molar-refractivity contribution in [1.29, 1.82) is 0 Å². The summed E-state index contributed by atoms with van der Waals surface area (Å²) in [4.78, 5) is 22.6. The molecule has 0 bridgehead atoms. The molecule has 0 aliphatic carbocycles. The molecule has 5 nitrogen and oxygen atoms in total. The summed E-state index contributed by atoms with van der Waals surface area (Å²) in [6, 6.07) is 1.16. The minimum absolute atomic E-state index is 0.163. The Bertz CT molecular complexity index is 524. The van der Waals surface area contributed by atoms with Gasteiger partial charge >= 0.3 is 5.97 Å². The average molecular weight is 395 g/mol. The molecule has 0 aliphatic rings. The van der Waals surface area contributed by atoms with Gasteiger partial charge < -0.3 is 15.8 Å². The summed E-state index contributed by atoms with van der Waals surface area (Å²) >= 11 is 3.02. The van der Waals surface area contributed by atoms with E-state index in [0.717, 1.165) is 13.2 Å². The highest BCUT2D eigenvalue weighted by Crippen LogP contribution is 2.26. The number of ether oxygens (including phenoxy) is 1. The fourth-order valence-electron chi connectivity index (χ4n) is 1.57. The van der Waals surface area contributed by atoms with Gasteiger partial charge in [-0.2, -0.15) is 0 Å². The molecule has 1 unspecified atom stereocenters. The molecule has 0 heterocycles. The average Bonchev–Trinajstić information content (AvgIpc) is 2.50. The molecule has 0 radical (unpaired) electrons. The Kier molecular flexibility index (Phi) is 10.3. The van der Waals surface area contributed by atoms with Crippen molar-refractivity contribution in [2.24, 2.45) is 5.73 Å². The second kappa shape index (κ2) is 11.1. The van der Waals surface area contributed by atoms with Gasteiger partial charge in [0.2, 0.25) is 5.91 Å². The van der Waals surface area contributed by atoms with Gasteiger partial charge in [0.15, 0.2) is 11.6 Å². The lowest BCUT2D eigenvalue weighted by Crippen LogP contribution is -2.35. The number of hydrogen-bond donors (Lipinski definition) is 2. The Labute approximate surface area is 142 Å². The number of benzene rings is 1. The van der Waals surface area contributed by atoms with Crippen LogP contribution in [-0.4, -0.2) is 25.5 Å². The third-order valence-electron chi connectivity index (χ3n) is 2.52. The first-order valence-electron chi connectivity index (χ1n) is 7.01. The maximum atomic E-state index is 13.8. The molecular weight excluding hydrogens is 374 g/mol. The summed E-state index contributed by atoms with van der Waals surface area (Å²) in [6.07, 6.45) is 0.912. The summed E-state index contributed by atoms with van der Waals surface area (Å²) < 4.78 is 31.9. The number of rotatable bonds is 5. The maximum Gasteiger partial charge on any atom is 0.307 e. The van der Waals surface area contributed by atoms with Gasteiger partial charge in [-0.05, 0) is 12.1 Å². The van der Waals surface area contributed by atoms with Gasteiger partial charge in [0.1, 0.15) is 0 Å². The van der Waals surface area contributed by atoms with E-state index in [9.17, 15) is 18.4 Å². The van der Waals surface area contributed by atoms with Crippen molar-refractivity contribution < 1.29 is 23.1 Å². The summed E-state index contributed by atoms with van der Waals surface area (Å²) in [5.74, 6) is -3.50. The molecule has 1 aromatic carbocycles. The van der Waals surface area contributed by atoms with Crippen LogP contribution >= 0.6 is 15.9 Å².